The van der Waals surface area contributed by atoms with Gasteiger partial charge in [-0.3, -0.25) is 4.72 Å². The molecule has 0 aromatic heterocycles. The van der Waals surface area contributed by atoms with Crippen LogP contribution in [-0.4, -0.2) is 8.42 Å². The summed E-state index contributed by atoms with van der Waals surface area (Å²) in [5.74, 6) is -2.32. The molecule has 0 radical (unpaired) electrons. The van der Waals surface area contributed by atoms with Crippen molar-refractivity contribution in [2.75, 3.05) is 4.72 Å². The van der Waals surface area contributed by atoms with E-state index in [4.69, 9.17) is 11.6 Å². The van der Waals surface area contributed by atoms with E-state index in [1.165, 1.54) is 0 Å². The molecule has 0 aliphatic carbocycles. The van der Waals surface area contributed by atoms with Gasteiger partial charge in [-0.25, -0.2) is 17.2 Å². The number of halogens is 6. The summed E-state index contributed by atoms with van der Waals surface area (Å²) in [7, 11) is -4.49. The summed E-state index contributed by atoms with van der Waals surface area (Å²) in [5, 5.41) is -0.522. The monoisotopic (exact) mass is 371 g/mol. The Morgan fingerprint density at radius 3 is 2.17 bits per heavy atom. The number of hydrogen-bond acceptors (Lipinski definition) is 2. The summed E-state index contributed by atoms with van der Waals surface area (Å²) in [5.41, 5.74) is -1.44. The molecule has 23 heavy (non-hydrogen) atoms. The number of rotatable bonds is 3. The largest absolute Gasteiger partial charge is 0.416 e. The van der Waals surface area contributed by atoms with Crippen LogP contribution in [0.2, 0.25) is 5.02 Å². The lowest BCUT2D eigenvalue weighted by atomic mass is 10.2. The molecule has 3 nitrogen and oxygen atoms in total. The molecule has 0 aliphatic heterocycles. The normalized spacial score (nSPS) is 12.3. The van der Waals surface area contributed by atoms with Crippen LogP contribution in [0.5, 0.6) is 0 Å². The van der Waals surface area contributed by atoms with Crippen molar-refractivity contribution in [1.29, 1.82) is 0 Å². The van der Waals surface area contributed by atoms with Gasteiger partial charge in [0.15, 0.2) is 0 Å². The van der Waals surface area contributed by atoms with Crippen LogP contribution in [0.25, 0.3) is 0 Å². The SMILES string of the molecule is O=S(=O)(Nc1ccc(C(F)(F)F)cc1Cl)c1ccc(F)cc1F. The fraction of sp³-hybridized carbons (Fsp3) is 0.0769. The van der Waals surface area contributed by atoms with Crippen molar-refractivity contribution in [3.05, 3.63) is 58.6 Å². The number of benzene rings is 2. The highest BCUT2D eigenvalue weighted by Crippen LogP contribution is 2.34. The minimum Gasteiger partial charge on any atom is -0.278 e. The molecule has 10 heteroatoms. The molecular weight excluding hydrogens is 365 g/mol. The van der Waals surface area contributed by atoms with Crippen LogP contribution >= 0.6 is 11.6 Å². The summed E-state index contributed by atoms with van der Waals surface area (Å²) in [6.07, 6.45) is -4.65. The number of hydrogen-bond donors (Lipinski definition) is 1. The van der Waals surface area contributed by atoms with E-state index < -0.39 is 43.3 Å². The van der Waals surface area contributed by atoms with Crippen LogP contribution in [0.3, 0.4) is 0 Å². The molecule has 0 aliphatic rings. The molecule has 2 aromatic rings. The Kier molecular flexibility index (Phi) is 4.54. The maximum absolute atomic E-state index is 13.5. The summed E-state index contributed by atoms with van der Waals surface area (Å²) in [4.78, 5) is -0.866. The van der Waals surface area contributed by atoms with Gasteiger partial charge < -0.3 is 0 Å². The van der Waals surface area contributed by atoms with E-state index in [1.807, 2.05) is 4.72 Å². The van der Waals surface area contributed by atoms with Gasteiger partial charge in [0.05, 0.1) is 16.3 Å². The van der Waals surface area contributed by atoms with Gasteiger partial charge in [0.1, 0.15) is 16.5 Å². The van der Waals surface area contributed by atoms with Crippen molar-refractivity contribution < 1.29 is 30.4 Å². The van der Waals surface area contributed by atoms with Crippen LogP contribution < -0.4 is 4.72 Å². The van der Waals surface area contributed by atoms with Crippen LogP contribution in [0.15, 0.2) is 41.3 Å². The Bertz CT molecular complexity index is 852. The fourth-order valence-corrected chi connectivity index (χ4v) is 3.09. The van der Waals surface area contributed by atoms with E-state index in [1.54, 1.807) is 0 Å². The fourth-order valence-electron chi connectivity index (χ4n) is 1.67. The van der Waals surface area contributed by atoms with Crippen LogP contribution in [0.4, 0.5) is 27.6 Å². The number of alkyl halides is 3. The summed E-state index contributed by atoms with van der Waals surface area (Å²) in [6, 6.07) is 3.72. The Morgan fingerprint density at radius 1 is 1.00 bits per heavy atom. The predicted octanol–water partition coefficient (Wildman–Crippen LogP) is 4.44. The molecule has 124 valence electrons. The number of nitrogens with one attached hydrogen (secondary N) is 1. The van der Waals surface area contributed by atoms with E-state index in [0.29, 0.717) is 24.3 Å². The second-order valence-corrected chi connectivity index (χ2v) is 6.43. The van der Waals surface area contributed by atoms with Crippen molar-refractivity contribution in [2.24, 2.45) is 0 Å². The molecule has 0 saturated heterocycles. The summed E-state index contributed by atoms with van der Waals surface area (Å²) >= 11 is 5.61. The van der Waals surface area contributed by atoms with E-state index >= 15 is 0 Å². The van der Waals surface area contributed by atoms with Gasteiger partial charge in [-0.05, 0) is 30.3 Å². The number of anilines is 1. The van der Waals surface area contributed by atoms with E-state index in [0.717, 1.165) is 12.1 Å². The maximum atomic E-state index is 13.5. The van der Waals surface area contributed by atoms with Gasteiger partial charge in [-0.15, -0.1) is 0 Å². The zero-order valence-electron chi connectivity index (χ0n) is 11.0. The molecular formula is C13H7ClF5NO2S. The van der Waals surface area contributed by atoms with E-state index in [9.17, 15) is 30.4 Å². The van der Waals surface area contributed by atoms with Gasteiger partial charge in [0.25, 0.3) is 10.0 Å². The van der Waals surface area contributed by atoms with E-state index in [2.05, 4.69) is 0 Å². The zero-order chi connectivity index (χ0) is 17.4. The van der Waals surface area contributed by atoms with E-state index in [-0.39, 0.29) is 5.69 Å². The lowest BCUT2D eigenvalue weighted by Crippen LogP contribution is -2.15. The van der Waals surface area contributed by atoms with Crippen molar-refractivity contribution in [2.45, 2.75) is 11.1 Å². The quantitative estimate of drug-likeness (QED) is 0.811. The lowest BCUT2D eigenvalue weighted by molar-refractivity contribution is -0.137. The van der Waals surface area contributed by atoms with Crippen LogP contribution in [0, 0.1) is 11.6 Å². The molecule has 0 amide bonds. The average Bonchev–Trinajstić information content (AvgIpc) is 2.39. The van der Waals surface area contributed by atoms with Gasteiger partial charge in [0.2, 0.25) is 0 Å². The molecule has 0 saturated carbocycles. The molecule has 0 spiro atoms. The van der Waals surface area contributed by atoms with Crippen LogP contribution in [-0.2, 0) is 16.2 Å². The highest BCUT2D eigenvalue weighted by atomic mass is 35.5. The first kappa shape index (κ1) is 17.5. The second-order valence-electron chi connectivity index (χ2n) is 4.37. The van der Waals surface area contributed by atoms with Crippen molar-refractivity contribution in [3.63, 3.8) is 0 Å². The molecule has 0 fully saturated rings. The van der Waals surface area contributed by atoms with Gasteiger partial charge in [-0.1, -0.05) is 11.6 Å². The Hall–Kier alpha value is -1.87. The second kappa shape index (κ2) is 5.97. The Morgan fingerprint density at radius 2 is 1.65 bits per heavy atom. The molecule has 0 unspecified atom stereocenters. The van der Waals surface area contributed by atoms with Gasteiger partial charge in [0, 0.05) is 6.07 Å². The predicted molar refractivity (Wildman–Crippen MR) is 73.6 cm³/mol. The standard InChI is InChI=1S/C13H7ClF5NO2S/c14-9-5-7(13(17,18)19)1-3-11(9)20-23(21,22)12-4-2-8(15)6-10(12)16/h1-6,20H. The molecule has 0 heterocycles. The third-order valence-electron chi connectivity index (χ3n) is 2.72. The lowest BCUT2D eigenvalue weighted by Gasteiger charge is -2.12. The zero-order valence-corrected chi connectivity index (χ0v) is 12.5. The van der Waals surface area contributed by atoms with Gasteiger partial charge in [-0.2, -0.15) is 13.2 Å². The average molecular weight is 372 g/mol. The molecule has 2 aromatic carbocycles. The van der Waals surface area contributed by atoms with Crippen LogP contribution in [0.1, 0.15) is 5.56 Å². The molecule has 2 rings (SSSR count). The topological polar surface area (TPSA) is 46.2 Å². The summed E-state index contributed by atoms with van der Waals surface area (Å²) in [6.45, 7) is 0. The first-order chi connectivity index (χ1) is 10.5. The molecule has 0 bridgehead atoms. The molecule has 0 atom stereocenters. The van der Waals surface area contributed by atoms with Crippen molar-refractivity contribution in [1.82, 2.24) is 0 Å². The first-order valence-corrected chi connectivity index (χ1v) is 7.71. The Labute approximate surface area is 132 Å². The van der Waals surface area contributed by atoms with Crippen molar-refractivity contribution >= 4 is 27.3 Å². The highest BCUT2D eigenvalue weighted by molar-refractivity contribution is 7.92. The third kappa shape index (κ3) is 3.91. The smallest absolute Gasteiger partial charge is 0.278 e. The number of sulfonamides is 1. The maximum Gasteiger partial charge on any atom is 0.416 e. The Balaban J connectivity index is 2.38. The van der Waals surface area contributed by atoms with Gasteiger partial charge >= 0.3 is 6.18 Å². The minimum atomic E-state index is -4.65. The molecule has 1 N–H and O–H groups in total. The third-order valence-corrected chi connectivity index (χ3v) is 4.44. The highest BCUT2D eigenvalue weighted by Gasteiger charge is 2.31. The van der Waals surface area contributed by atoms with Crippen molar-refractivity contribution in [3.8, 4) is 0 Å². The summed E-state index contributed by atoms with van der Waals surface area (Å²) < 4.78 is 89.7. The minimum absolute atomic E-state index is 0.364. The first-order valence-electron chi connectivity index (χ1n) is 5.85.